The van der Waals surface area contributed by atoms with Crippen molar-refractivity contribution in [1.29, 1.82) is 0 Å². The molecule has 3 aliphatic heterocycles. The van der Waals surface area contributed by atoms with E-state index in [1.807, 2.05) is 25.1 Å². The number of rotatable bonds is 8. The minimum absolute atomic E-state index is 0.125. The molecule has 0 spiro atoms. The Balaban J connectivity index is 1.29. The molecule has 0 bridgehead atoms. The number of ether oxygens (including phenoxy) is 3. The van der Waals surface area contributed by atoms with Gasteiger partial charge in [-0.1, -0.05) is 17.8 Å². The number of hydrogen-bond acceptors (Lipinski definition) is 10. The molecular weight excluding hydrogens is 558 g/mol. The summed E-state index contributed by atoms with van der Waals surface area (Å²) in [6.07, 6.45) is 1.53. The summed E-state index contributed by atoms with van der Waals surface area (Å²) in [5, 5.41) is 7.89. The Bertz CT molecular complexity index is 1360. The highest BCUT2D eigenvalue weighted by molar-refractivity contribution is 8.14. The summed E-state index contributed by atoms with van der Waals surface area (Å²) in [7, 11) is 3.10. The highest BCUT2D eigenvalue weighted by atomic mass is 32.2. The van der Waals surface area contributed by atoms with E-state index in [0.717, 1.165) is 79.2 Å². The normalized spacial score (nSPS) is 19.2. The van der Waals surface area contributed by atoms with Crippen LogP contribution in [-0.4, -0.2) is 98.2 Å². The lowest BCUT2D eigenvalue weighted by Crippen LogP contribution is -2.44. The molecule has 5 rings (SSSR count). The van der Waals surface area contributed by atoms with Gasteiger partial charge in [-0.15, -0.1) is 5.01 Å². The van der Waals surface area contributed by atoms with Crippen LogP contribution in [0.25, 0.3) is 0 Å². The van der Waals surface area contributed by atoms with E-state index in [0.29, 0.717) is 35.7 Å². The standard InChI is InChI=1S/C30H37N5O6S/c1-20-27(32-35(30(38)42-20)29(37)41-17-5-13-33-15-11-31-12-16-33)22-7-9-24-21(18-22)6-4-14-34(24)28(36)23-8-10-25(39-2)26(19-23)40-3/h7-10,18-20,31H,4-6,11-17H2,1-3H3. The van der Waals surface area contributed by atoms with Gasteiger partial charge in [0.25, 0.3) is 5.91 Å². The van der Waals surface area contributed by atoms with Crippen LogP contribution in [0.3, 0.4) is 0 Å². The first-order valence-corrected chi connectivity index (χ1v) is 15.1. The summed E-state index contributed by atoms with van der Waals surface area (Å²) in [6.45, 7) is 7.42. The van der Waals surface area contributed by atoms with Crippen LogP contribution in [0.15, 0.2) is 41.5 Å². The smallest absolute Gasteiger partial charge is 0.438 e. The van der Waals surface area contributed by atoms with E-state index in [1.54, 1.807) is 37.3 Å². The molecular formula is C30H37N5O6S. The molecule has 1 fully saturated rings. The van der Waals surface area contributed by atoms with Crippen molar-refractivity contribution in [3.63, 3.8) is 0 Å². The lowest BCUT2D eigenvalue weighted by molar-refractivity contribution is 0.0984. The molecule has 2 aromatic carbocycles. The monoisotopic (exact) mass is 595 g/mol. The number of methoxy groups -OCH3 is 2. The number of piperazine rings is 1. The van der Waals surface area contributed by atoms with Crippen molar-refractivity contribution < 1.29 is 28.6 Å². The molecule has 3 amide bonds. The van der Waals surface area contributed by atoms with Gasteiger partial charge < -0.3 is 29.3 Å². The van der Waals surface area contributed by atoms with Gasteiger partial charge in [0, 0.05) is 50.5 Å². The molecule has 0 aliphatic carbocycles. The first-order chi connectivity index (χ1) is 20.4. The Kier molecular flexibility index (Phi) is 9.65. The minimum atomic E-state index is -0.762. The third-order valence-corrected chi connectivity index (χ3v) is 8.59. The summed E-state index contributed by atoms with van der Waals surface area (Å²) < 4.78 is 16.1. The quantitative estimate of drug-likeness (QED) is 0.453. The van der Waals surface area contributed by atoms with Gasteiger partial charge in [0.1, 0.15) is 0 Å². The molecule has 0 aromatic heterocycles. The molecule has 11 nitrogen and oxygen atoms in total. The number of aryl methyl sites for hydroxylation is 1. The fourth-order valence-corrected chi connectivity index (χ4v) is 6.24. The topological polar surface area (TPSA) is 113 Å². The Morgan fingerprint density at radius 1 is 1.05 bits per heavy atom. The Labute approximate surface area is 250 Å². The largest absolute Gasteiger partial charge is 0.493 e. The molecule has 1 unspecified atom stereocenters. The van der Waals surface area contributed by atoms with Crippen molar-refractivity contribution in [3.05, 3.63) is 53.1 Å². The van der Waals surface area contributed by atoms with Crippen LogP contribution in [0.4, 0.5) is 15.3 Å². The number of anilines is 1. The average molecular weight is 596 g/mol. The summed E-state index contributed by atoms with van der Waals surface area (Å²) in [5.74, 6) is 0.930. The summed E-state index contributed by atoms with van der Waals surface area (Å²) >= 11 is 1.04. The van der Waals surface area contributed by atoms with Crippen LogP contribution in [0.5, 0.6) is 11.5 Å². The van der Waals surface area contributed by atoms with Crippen molar-refractivity contribution in [2.24, 2.45) is 5.10 Å². The number of benzene rings is 2. The Morgan fingerprint density at radius 3 is 2.60 bits per heavy atom. The zero-order chi connectivity index (χ0) is 29.6. The Morgan fingerprint density at radius 2 is 1.83 bits per heavy atom. The number of fused-ring (bicyclic) bond motifs is 1. The number of nitrogens with zero attached hydrogens (tertiary/aromatic N) is 4. The zero-order valence-corrected chi connectivity index (χ0v) is 25.1. The zero-order valence-electron chi connectivity index (χ0n) is 24.3. The third kappa shape index (κ3) is 6.55. The molecule has 2 aromatic rings. The number of nitrogens with one attached hydrogen (secondary N) is 1. The maximum absolute atomic E-state index is 13.5. The number of carbonyl (C=O) groups is 3. The van der Waals surface area contributed by atoms with Crippen molar-refractivity contribution in [2.45, 2.75) is 31.4 Å². The van der Waals surface area contributed by atoms with E-state index in [-0.39, 0.29) is 17.8 Å². The number of hydrazone groups is 1. The van der Waals surface area contributed by atoms with Crippen LogP contribution in [0, 0.1) is 0 Å². The van der Waals surface area contributed by atoms with E-state index in [2.05, 4.69) is 15.3 Å². The van der Waals surface area contributed by atoms with Crippen LogP contribution in [0.2, 0.25) is 0 Å². The molecule has 3 aliphatic rings. The second-order valence-corrected chi connectivity index (χ2v) is 11.6. The van der Waals surface area contributed by atoms with Crippen LogP contribution < -0.4 is 19.7 Å². The van der Waals surface area contributed by atoms with E-state index in [1.165, 1.54) is 0 Å². The van der Waals surface area contributed by atoms with Crippen molar-refractivity contribution in [2.75, 3.05) is 65.0 Å². The fourth-order valence-electron chi connectivity index (χ4n) is 5.43. The van der Waals surface area contributed by atoms with Gasteiger partial charge >= 0.3 is 11.3 Å². The summed E-state index contributed by atoms with van der Waals surface area (Å²) in [5.41, 5.74) is 3.76. The molecule has 42 heavy (non-hydrogen) atoms. The number of hydrogen-bond donors (Lipinski definition) is 1. The maximum Gasteiger partial charge on any atom is 0.438 e. The SMILES string of the molecule is COc1ccc(C(=O)N2CCCc3cc(C4=NN(C(=O)OCCCN5CCNCC5)C(=O)SC4C)ccc32)cc1OC. The van der Waals surface area contributed by atoms with E-state index >= 15 is 0 Å². The molecule has 1 atom stereocenters. The van der Waals surface area contributed by atoms with Crippen LogP contribution >= 0.6 is 11.8 Å². The van der Waals surface area contributed by atoms with Gasteiger partial charge in [-0.2, -0.15) is 5.10 Å². The lowest BCUT2D eigenvalue weighted by atomic mass is 9.96. The Hall–Kier alpha value is -3.61. The molecule has 1 saturated heterocycles. The molecule has 224 valence electrons. The minimum Gasteiger partial charge on any atom is -0.493 e. The predicted molar refractivity (Wildman–Crippen MR) is 162 cm³/mol. The van der Waals surface area contributed by atoms with Gasteiger partial charge in [-0.05, 0) is 67.6 Å². The number of thioether (sulfide) groups is 1. The number of carbonyl (C=O) groups excluding carboxylic acids is 3. The van der Waals surface area contributed by atoms with E-state index in [9.17, 15) is 14.4 Å². The molecule has 0 radical (unpaired) electrons. The summed E-state index contributed by atoms with van der Waals surface area (Å²) in [4.78, 5) is 43.1. The fraction of sp³-hybridized carbons (Fsp3) is 0.467. The van der Waals surface area contributed by atoms with Gasteiger partial charge in [-0.25, -0.2) is 4.79 Å². The van der Waals surface area contributed by atoms with Gasteiger partial charge in [0.2, 0.25) is 0 Å². The lowest BCUT2D eigenvalue weighted by Gasteiger charge is -2.31. The average Bonchev–Trinajstić information content (AvgIpc) is 3.02. The van der Waals surface area contributed by atoms with Crippen LogP contribution in [0.1, 0.15) is 41.3 Å². The van der Waals surface area contributed by atoms with Crippen LogP contribution in [-0.2, 0) is 11.2 Å². The van der Waals surface area contributed by atoms with Crippen molar-refractivity contribution in [1.82, 2.24) is 15.2 Å². The van der Waals surface area contributed by atoms with E-state index < -0.39 is 11.3 Å². The summed E-state index contributed by atoms with van der Waals surface area (Å²) in [6, 6.07) is 11.0. The van der Waals surface area contributed by atoms with E-state index in [4.69, 9.17) is 14.2 Å². The van der Waals surface area contributed by atoms with Gasteiger partial charge in [0.05, 0.1) is 31.8 Å². The van der Waals surface area contributed by atoms with Crippen molar-refractivity contribution >= 4 is 40.4 Å². The molecule has 12 heteroatoms. The second kappa shape index (κ2) is 13.6. The predicted octanol–water partition coefficient (Wildman–Crippen LogP) is 3.99. The number of amides is 3. The highest BCUT2D eigenvalue weighted by Crippen LogP contribution is 2.34. The van der Waals surface area contributed by atoms with Crippen molar-refractivity contribution in [3.8, 4) is 11.5 Å². The first kappa shape index (κ1) is 29.9. The molecule has 0 saturated carbocycles. The first-order valence-electron chi connectivity index (χ1n) is 14.3. The van der Waals surface area contributed by atoms with Gasteiger partial charge in [0.15, 0.2) is 11.5 Å². The third-order valence-electron chi connectivity index (χ3n) is 7.64. The van der Waals surface area contributed by atoms with Gasteiger partial charge in [-0.3, -0.25) is 9.59 Å². The molecule has 1 N–H and O–H groups in total. The maximum atomic E-state index is 13.5. The number of imide groups is 1. The second-order valence-electron chi connectivity index (χ2n) is 10.4. The molecule has 3 heterocycles. The highest BCUT2D eigenvalue weighted by Gasteiger charge is 2.34.